The number of nitrogens with zero attached hydrogens (tertiary/aromatic N) is 1. The predicted molar refractivity (Wildman–Crippen MR) is 95.1 cm³/mol. The molecule has 1 atom stereocenters. The van der Waals surface area contributed by atoms with Crippen molar-refractivity contribution in [1.82, 2.24) is 9.71 Å². The number of aromatic nitrogens is 1. The monoisotopic (exact) mass is 308 g/mol. The van der Waals surface area contributed by atoms with Crippen LogP contribution in [0.2, 0.25) is 0 Å². The Kier molecular flexibility index (Phi) is 4.76. The van der Waals surface area contributed by atoms with Crippen molar-refractivity contribution in [3.05, 3.63) is 71.9 Å². The lowest BCUT2D eigenvalue weighted by molar-refractivity contribution is 0.678. The maximum Gasteiger partial charge on any atom is 0.0705 e. The molecule has 0 aliphatic rings. The molecule has 3 aromatic rings. The van der Waals surface area contributed by atoms with E-state index in [0.717, 1.165) is 17.6 Å². The Bertz CT molecular complexity index is 753. The highest BCUT2D eigenvalue weighted by Crippen LogP contribution is 2.17. The van der Waals surface area contributed by atoms with E-state index in [-0.39, 0.29) is 0 Å². The van der Waals surface area contributed by atoms with Gasteiger partial charge in [-0.1, -0.05) is 42.0 Å². The summed E-state index contributed by atoms with van der Waals surface area (Å²) >= 11 is 1.68. The average molecular weight is 308 g/mol. The van der Waals surface area contributed by atoms with Crippen LogP contribution in [0.1, 0.15) is 18.2 Å². The van der Waals surface area contributed by atoms with Crippen LogP contribution < -0.4 is 4.72 Å². The lowest BCUT2D eigenvalue weighted by Gasteiger charge is -2.13. The number of hydrogen-bond acceptors (Lipinski definition) is 3. The highest BCUT2D eigenvalue weighted by molar-refractivity contribution is 7.97. The summed E-state index contributed by atoms with van der Waals surface area (Å²) in [5, 5.41) is 1.20. The molecule has 1 N–H and O–H groups in total. The van der Waals surface area contributed by atoms with Gasteiger partial charge >= 0.3 is 0 Å². The molecule has 0 saturated carbocycles. The van der Waals surface area contributed by atoms with E-state index in [4.69, 9.17) is 4.98 Å². The Balaban J connectivity index is 1.60. The van der Waals surface area contributed by atoms with Crippen LogP contribution in [-0.4, -0.2) is 11.0 Å². The first-order valence-corrected chi connectivity index (χ1v) is 8.36. The van der Waals surface area contributed by atoms with Crippen molar-refractivity contribution in [2.24, 2.45) is 0 Å². The summed E-state index contributed by atoms with van der Waals surface area (Å²) < 4.78 is 3.49. The van der Waals surface area contributed by atoms with E-state index < -0.39 is 0 Å². The molecule has 0 bridgehead atoms. The molecule has 0 fully saturated rings. The summed E-state index contributed by atoms with van der Waals surface area (Å²) in [4.78, 5) is 5.97. The first-order valence-electron chi connectivity index (χ1n) is 7.54. The fraction of sp³-hybridized carbons (Fsp3) is 0.211. The zero-order valence-electron chi connectivity index (χ0n) is 12.9. The van der Waals surface area contributed by atoms with Gasteiger partial charge in [0, 0.05) is 28.4 Å². The highest BCUT2D eigenvalue weighted by Gasteiger charge is 2.06. The van der Waals surface area contributed by atoms with E-state index in [9.17, 15) is 0 Å². The lowest BCUT2D eigenvalue weighted by Crippen LogP contribution is -2.22. The Morgan fingerprint density at radius 3 is 2.59 bits per heavy atom. The number of benzene rings is 2. The molecule has 0 aliphatic heterocycles. The summed E-state index contributed by atoms with van der Waals surface area (Å²) in [6, 6.07) is 21.5. The van der Waals surface area contributed by atoms with E-state index in [2.05, 4.69) is 67.1 Å². The lowest BCUT2D eigenvalue weighted by atomic mass is 10.1. The van der Waals surface area contributed by atoms with E-state index in [1.807, 2.05) is 12.1 Å². The molecule has 1 heterocycles. The van der Waals surface area contributed by atoms with Gasteiger partial charge in [-0.05, 0) is 50.1 Å². The van der Waals surface area contributed by atoms with Crippen LogP contribution in [0.3, 0.4) is 0 Å². The number of fused-ring (bicyclic) bond motifs is 1. The first kappa shape index (κ1) is 15.1. The quantitative estimate of drug-likeness (QED) is 0.687. The number of aryl methyl sites for hydroxylation is 1. The summed E-state index contributed by atoms with van der Waals surface area (Å²) in [5.41, 5.74) is 3.49. The molecule has 2 aromatic carbocycles. The van der Waals surface area contributed by atoms with Gasteiger partial charge in [0.25, 0.3) is 0 Å². The molecular weight excluding hydrogens is 288 g/mol. The van der Waals surface area contributed by atoms with Crippen molar-refractivity contribution < 1.29 is 0 Å². The van der Waals surface area contributed by atoms with Crippen molar-refractivity contribution in [1.29, 1.82) is 0 Å². The number of hydrogen-bond donors (Lipinski definition) is 1. The normalized spacial score (nSPS) is 12.5. The molecule has 2 nitrogen and oxygen atoms in total. The van der Waals surface area contributed by atoms with Crippen LogP contribution >= 0.6 is 11.9 Å². The number of nitrogens with one attached hydrogen (secondary N) is 1. The molecule has 112 valence electrons. The Morgan fingerprint density at radius 2 is 1.77 bits per heavy atom. The fourth-order valence-corrected chi connectivity index (χ4v) is 3.05. The van der Waals surface area contributed by atoms with Crippen molar-refractivity contribution in [2.45, 2.75) is 31.2 Å². The summed E-state index contributed by atoms with van der Waals surface area (Å²) in [7, 11) is 0. The molecule has 3 rings (SSSR count). The highest BCUT2D eigenvalue weighted by atomic mass is 32.2. The summed E-state index contributed by atoms with van der Waals surface area (Å²) in [5.74, 6) is 0. The zero-order chi connectivity index (χ0) is 15.4. The van der Waals surface area contributed by atoms with Gasteiger partial charge in [-0.3, -0.25) is 9.71 Å². The van der Waals surface area contributed by atoms with Gasteiger partial charge < -0.3 is 0 Å². The minimum absolute atomic E-state index is 0.361. The van der Waals surface area contributed by atoms with Crippen molar-refractivity contribution in [2.75, 3.05) is 0 Å². The van der Waals surface area contributed by atoms with Crippen LogP contribution in [0.15, 0.2) is 65.6 Å². The van der Waals surface area contributed by atoms with Gasteiger partial charge in [-0.15, -0.1) is 0 Å². The van der Waals surface area contributed by atoms with E-state index in [1.165, 1.54) is 15.8 Å². The predicted octanol–water partition coefficient (Wildman–Crippen LogP) is 4.77. The van der Waals surface area contributed by atoms with Gasteiger partial charge in [0.15, 0.2) is 0 Å². The van der Waals surface area contributed by atoms with Gasteiger partial charge in [0.05, 0.1) is 5.52 Å². The molecule has 0 saturated heterocycles. The minimum Gasteiger partial charge on any atom is -0.257 e. The Labute approximate surface area is 136 Å². The molecule has 3 heteroatoms. The number of rotatable bonds is 5. The largest absolute Gasteiger partial charge is 0.257 e. The smallest absolute Gasteiger partial charge is 0.0705 e. The van der Waals surface area contributed by atoms with Crippen molar-refractivity contribution >= 4 is 22.9 Å². The van der Waals surface area contributed by atoms with Crippen LogP contribution in [0, 0.1) is 6.92 Å². The fourth-order valence-electron chi connectivity index (χ4n) is 2.35. The molecule has 0 spiro atoms. The second-order valence-electron chi connectivity index (χ2n) is 5.63. The van der Waals surface area contributed by atoms with Crippen LogP contribution in [0.5, 0.6) is 0 Å². The van der Waals surface area contributed by atoms with Crippen LogP contribution in [0.25, 0.3) is 10.9 Å². The SMILES string of the molecule is Cc1ccc(SNC(C)Cc2ccc3ccccc3n2)cc1. The third-order valence-electron chi connectivity index (χ3n) is 3.57. The van der Waals surface area contributed by atoms with Crippen molar-refractivity contribution in [3.63, 3.8) is 0 Å². The second kappa shape index (κ2) is 6.95. The Hall–Kier alpha value is -1.84. The second-order valence-corrected chi connectivity index (χ2v) is 6.54. The van der Waals surface area contributed by atoms with Gasteiger partial charge in [0.1, 0.15) is 0 Å². The molecule has 1 unspecified atom stereocenters. The molecular formula is C19H20N2S. The minimum atomic E-state index is 0.361. The topological polar surface area (TPSA) is 24.9 Å². The average Bonchev–Trinajstić information content (AvgIpc) is 2.54. The standard InChI is InChI=1S/C19H20N2S/c1-14-7-11-18(12-8-14)22-21-15(2)13-17-10-9-16-5-3-4-6-19(16)20-17/h3-12,15,21H,13H2,1-2H3. The summed E-state index contributed by atoms with van der Waals surface area (Å²) in [6.45, 7) is 4.30. The van der Waals surface area contributed by atoms with E-state index >= 15 is 0 Å². The van der Waals surface area contributed by atoms with Gasteiger partial charge in [0.2, 0.25) is 0 Å². The van der Waals surface area contributed by atoms with Gasteiger partial charge in [-0.25, -0.2) is 0 Å². The third kappa shape index (κ3) is 3.87. The molecule has 0 amide bonds. The maximum atomic E-state index is 4.73. The van der Waals surface area contributed by atoms with Gasteiger partial charge in [-0.2, -0.15) is 0 Å². The number of para-hydroxylation sites is 1. The molecule has 0 aliphatic carbocycles. The zero-order valence-corrected chi connectivity index (χ0v) is 13.7. The van der Waals surface area contributed by atoms with Crippen LogP contribution in [0.4, 0.5) is 0 Å². The van der Waals surface area contributed by atoms with Crippen molar-refractivity contribution in [3.8, 4) is 0 Å². The third-order valence-corrected chi connectivity index (χ3v) is 4.60. The molecule has 0 radical (unpaired) electrons. The Morgan fingerprint density at radius 1 is 1.00 bits per heavy atom. The molecule has 22 heavy (non-hydrogen) atoms. The van der Waals surface area contributed by atoms with E-state index in [0.29, 0.717) is 6.04 Å². The first-order chi connectivity index (χ1) is 10.7. The van der Waals surface area contributed by atoms with Crippen LogP contribution in [-0.2, 0) is 6.42 Å². The molecule has 1 aromatic heterocycles. The summed E-state index contributed by atoms with van der Waals surface area (Å²) in [6.07, 6.45) is 0.920. The maximum absolute atomic E-state index is 4.73. The van der Waals surface area contributed by atoms with E-state index in [1.54, 1.807) is 11.9 Å². The number of pyridine rings is 1.